The number of para-hydroxylation sites is 1. The highest BCUT2D eigenvalue weighted by atomic mass is 16.5. The summed E-state index contributed by atoms with van der Waals surface area (Å²) in [5, 5.41) is 0. The van der Waals surface area contributed by atoms with Gasteiger partial charge in [-0.3, -0.25) is 4.79 Å². The number of carbonyl (C=O) groups is 1. The van der Waals surface area contributed by atoms with Gasteiger partial charge < -0.3 is 14.5 Å². The average Bonchev–Trinajstić information content (AvgIpc) is 2.80. The van der Waals surface area contributed by atoms with Crippen LogP contribution in [0, 0.1) is 0 Å². The van der Waals surface area contributed by atoms with E-state index in [1.54, 1.807) is 6.33 Å². The number of benzene rings is 2. The standard InChI is InChI=1S/C23H24N4O2/c28-23(11-16-29-20-9-5-2-6-10-20)27-14-12-26(13-15-27)22-17-21(24-18-25-22)19-7-3-1-4-8-19/h1-10,17-18H,11-16H2. The van der Waals surface area contributed by atoms with E-state index in [4.69, 9.17) is 4.74 Å². The van der Waals surface area contributed by atoms with Crippen molar-refractivity contribution >= 4 is 11.7 Å². The van der Waals surface area contributed by atoms with Gasteiger partial charge in [0.15, 0.2) is 0 Å². The summed E-state index contributed by atoms with van der Waals surface area (Å²) in [4.78, 5) is 25.4. The molecule has 2 heterocycles. The van der Waals surface area contributed by atoms with Gasteiger partial charge in [-0.15, -0.1) is 0 Å². The Labute approximate surface area is 170 Å². The molecule has 0 radical (unpaired) electrons. The number of ether oxygens (including phenoxy) is 1. The summed E-state index contributed by atoms with van der Waals surface area (Å²) in [6, 6.07) is 21.7. The van der Waals surface area contributed by atoms with Crippen molar-refractivity contribution in [2.24, 2.45) is 0 Å². The van der Waals surface area contributed by atoms with Crippen LogP contribution in [0.15, 0.2) is 73.1 Å². The van der Waals surface area contributed by atoms with Crippen molar-refractivity contribution in [2.45, 2.75) is 6.42 Å². The van der Waals surface area contributed by atoms with E-state index >= 15 is 0 Å². The van der Waals surface area contributed by atoms with Crippen LogP contribution in [0.2, 0.25) is 0 Å². The maximum Gasteiger partial charge on any atom is 0.226 e. The molecule has 3 aromatic rings. The first-order chi connectivity index (χ1) is 14.3. The SMILES string of the molecule is O=C(CCOc1ccccc1)N1CCN(c2cc(-c3ccccc3)ncn2)CC1. The summed E-state index contributed by atoms with van der Waals surface area (Å²) in [5.74, 6) is 1.83. The van der Waals surface area contributed by atoms with Crippen LogP contribution >= 0.6 is 0 Å². The quantitative estimate of drug-likeness (QED) is 0.649. The zero-order valence-electron chi connectivity index (χ0n) is 16.3. The highest BCUT2D eigenvalue weighted by molar-refractivity contribution is 5.76. The second-order valence-electron chi connectivity index (χ2n) is 6.91. The van der Waals surface area contributed by atoms with Crippen LogP contribution < -0.4 is 9.64 Å². The van der Waals surface area contributed by atoms with Crippen molar-refractivity contribution in [1.29, 1.82) is 0 Å². The molecular weight excluding hydrogens is 364 g/mol. The van der Waals surface area contributed by atoms with E-state index in [2.05, 4.69) is 14.9 Å². The fraction of sp³-hybridized carbons (Fsp3) is 0.261. The van der Waals surface area contributed by atoms with E-state index in [-0.39, 0.29) is 5.91 Å². The number of hydrogen-bond donors (Lipinski definition) is 0. The summed E-state index contributed by atoms with van der Waals surface area (Å²) in [5.41, 5.74) is 1.98. The zero-order valence-corrected chi connectivity index (χ0v) is 16.3. The Kier molecular flexibility index (Phi) is 6.00. The summed E-state index contributed by atoms with van der Waals surface area (Å²) in [7, 11) is 0. The Bertz CT molecular complexity index is 926. The third-order valence-electron chi connectivity index (χ3n) is 5.01. The predicted octanol–water partition coefficient (Wildman–Crippen LogP) is 3.26. The molecule has 1 fully saturated rings. The summed E-state index contributed by atoms with van der Waals surface area (Å²) in [6.07, 6.45) is 2.00. The molecule has 0 bridgehead atoms. The Hall–Kier alpha value is -3.41. The summed E-state index contributed by atoms with van der Waals surface area (Å²) in [6.45, 7) is 3.30. The molecule has 0 aliphatic carbocycles. The number of anilines is 1. The molecule has 0 atom stereocenters. The number of nitrogens with zero attached hydrogens (tertiary/aromatic N) is 4. The van der Waals surface area contributed by atoms with Gasteiger partial charge in [0.1, 0.15) is 17.9 Å². The largest absolute Gasteiger partial charge is 0.493 e. The lowest BCUT2D eigenvalue weighted by Gasteiger charge is -2.35. The van der Waals surface area contributed by atoms with Crippen molar-refractivity contribution in [1.82, 2.24) is 14.9 Å². The number of piperazine rings is 1. The summed E-state index contributed by atoms with van der Waals surface area (Å²) >= 11 is 0. The van der Waals surface area contributed by atoms with Crippen molar-refractivity contribution < 1.29 is 9.53 Å². The van der Waals surface area contributed by atoms with Crippen LogP contribution in [0.1, 0.15) is 6.42 Å². The van der Waals surface area contributed by atoms with Gasteiger partial charge in [-0.1, -0.05) is 48.5 Å². The van der Waals surface area contributed by atoms with Gasteiger partial charge >= 0.3 is 0 Å². The van der Waals surface area contributed by atoms with Crippen LogP contribution in [0.25, 0.3) is 11.3 Å². The first kappa shape index (κ1) is 18.9. The molecule has 4 rings (SSSR count). The van der Waals surface area contributed by atoms with E-state index in [9.17, 15) is 4.79 Å². The highest BCUT2D eigenvalue weighted by Crippen LogP contribution is 2.21. The van der Waals surface area contributed by atoms with E-state index in [1.807, 2.05) is 71.6 Å². The molecule has 29 heavy (non-hydrogen) atoms. The minimum atomic E-state index is 0.133. The second-order valence-corrected chi connectivity index (χ2v) is 6.91. The van der Waals surface area contributed by atoms with Gasteiger partial charge in [0, 0.05) is 37.8 Å². The smallest absolute Gasteiger partial charge is 0.226 e. The van der Waals surface area contributed by atoms with Crippen molar-refractivity contribution in [2.75, 3.05) is 37.7 Å². The maximum atomic E-state index is 12.5. The van der Waals surface area contributed by atoms with E-state index in [1.165, 1.54) is 0 Å². The van der Waals surface area contributed by atoms with Crippen molar-refractivity contribution in [3.63, 3.8) is 0 Å². The van der Waals surface area contributed by atoms with E-state index < -0.39 is 0 Å². The van der Waals surface area contributed by atoms with Gasteiger partial charge in [-0.2, -0.15) is 0 Å². The minimum Gasteiger partial charge on any atom is -0.493 e. The van der Waals surface area contributed by atoms with Crippen LogP contribution in [-0.4, -0.2) is 53.6 Å². The molecule has 6 heteroatoms. The van der Waals surface area contributed by atoms with Gasteiger partial charge in [-0.25, -0.2) is 9.97 Å². The van der Waals surface area contributed by atoms with Crippen molar-refractivity contribution in [3.05, 3.63) is 73.1 Å². The van der Waals surface area contributed by atoms with Crippen molar-refractivity contribution in [3.8, 4) is 17.0 Å². The van der Waals surface area contributed by atoms with Crippen LogP contribution in [-0.2, 0) is 4.79 Å². The molecule has 0 spiro atoms. The number of carbonyl (C=O) groups excluding carboxylic acids is 1. The lowest BCUT2D eigenvalue weighted by Crippen LogP contribution is -2.49. The van der Waals surface area contributed by atoms with E-state index in [0.717, 1.165) is 35.9 Å². The topological polar surface area (TPSA) is 58.6 Å². The second kappa shape index (κ2) is 9.19. The number of amides is 1. The molecule has 1 saturated heterocycles. The zero-order chi connectivity index (χ0) is 19.9. The van der Waals surface area contributed by atoms with Crippen LogP contribution in [0.4, 0.5) is 5.82 Å². The fourth-order valence-electron chi connectivity index (χ4n) is 3.40. The van der Waals surface area contributed by atoms with Crippen LogP contribution in [0.3, 0.4) is 0 Å². The molecule has 1 aliphatic heterocycles. The molecule has 0 saturated carbocycles. The first-order valence-corrected chi connectivity index (χ1v) is 9.87. The Balaban J connectivity index is 1.28. The van der Waals surface area contributed by atoms with Gasteiger partial charge in [-0.05, 0) is 12.1 Å². The molecule has 1 aliphatic rings. The highest BCUT2D eigenvalue weighted by Gasteiger charge is 2.22. The molecular formula is C23H24N4O2. The molecule has 148 valence electrons. The predicted molar refractivity (Wildman–Crippen MR) is 113 cm³/mol. The number of hydrogen-bond acceptors (Lipinski definition) is 5. The first-order valence-electron chi connectivity index (χ1n) is 9.87. The van der Waals surface area contributed by atoms with E-state index in [0.29, 0.717) is 26.1 Å². The Morgan fingerprint density at radius 1 is 0.897 bits per heavy atom. The van der Waals surface area contributed by atoms with Crippen LogP contribution in [0.5, 0.6) is 5.75 Å². The molecule has 6 nitrogen and oxygen atoms in total. The third kappa shape index (κ3) is 4.90. The number of aromatic nitrogens is 2. The molecule has 1 amide bonds. The normalized spacial score (nSPS) is 13.9. The molecule has 0 unspecified atom stereocenters. The molecule has 1 aromatic heterocycles. The molecule has 0 N–H and O–H groups in total. The van der Waals surface area contributed by atoms with Gasteiger partial charge in [0.05, 0.1) is 18.7 Å². The minimum absolute atomic E-state index is 0.133. The molecule has 2 aromatic carbocycles. The van der Waals surface area contributed by atoms with Gasteiger partial charge in [0.25, 0.3) is 0 Å². The fourth-order valence-corrected chi connectivity index (χ4v) is 3.40. The Morgan fingerprint density at radius 2 is 1.59 bits per heavy atom. The Morgan fingerprint density at radius 3 is 2.31 bits per heavy atom. The lowest BCUT2D eigenvalue weighted by molar-refractivity contribution is -0.132. The third-order valence-corrected chi connectivity index (χ3v) is 5.01. The number of rotatable bonds is 6. The van der Waals surface area contributed by atoms with Gasteiger partial charge in [0.2, 0.25) is 5.91 Å². The average molecular weight is 388 g/mol. The summed E-state index contributed by atoms with van der Waals surface area (Å²) < 4.78 is 5.64. The maximum absolute atomic E-state index is 12.5. The monoisotopic (exact) mass is 388 g/mol. The lowest BCUT2D eigenvalue weighted by atomic mass is 10.1.